The first kappa shape index (κ1) is 8.01. The molecule has 0 aromatic carbocycles. The maximum atomic E-state index is 10.4. The number of rotatable bonds is 3. The van der Waals surface area contributed by atoms with Crippen molar-refractivity contribution in [3.05, 3.63) is 12.3 Å². The minimum absolute atomic E-state index is 0.376. The van der Waals surface area contributed by atoms with E-state index in [-0.39, 0.29) is 5.97 Å². The predicted molar refractivity (Wildman–Crippen MR) is 32.8 cm³/mol. The zero-order chi connectivity index (χ0) is 7.11. The summed E-state index contributed by atoms with van der Waals surface area (Å²) in [4.78, 5) is 10.4. The molecule has 9 heavy (non-hydrogen) atoms. The van der Waals surface area contributed by atoms with Crippen molar-refractivity contribution in [2.24, 2.45) is 0 Å². The second-order valence-corrected chi connectivity index (χ2v) is 1.29. The number of hydrogen-bond acceptors (Lipinski definition) is 3. The minimum atomic E-state index is -0.376. The number of carbonyl (C=O) groups is 1. The van der Waals surface area contributed by atoms with Crippen LogP contribution in [0.25, 0.3) is 0 Å². The summed E-state index contributed by atoms with van der Waals surface area (Å²) in [6.45, 7) is 2.14. The van der Waals surface area contributed by atoms with Crippen LogP contribution in [-0.2, 0) is 14.3 Å². The van der Waals surface area contributed by atoms with Crippen LogP contribution in [0.4, 0.5) is 0 Å². The van der Waals surface area contributed by atoms with E-state index in [1.54, 1.807) is 6.92 Å². The SMILES string of the molecule is CCOC(=O)C=COC. The number of carbonyl (C=O) groups excluding carboxylic acids is 1. The van der Waals surface area contributed by atoms with Gasteiger partial charge in [-0.3, -0.25) is 0 Å². The summed E-state index contributed by atoms with van der Waals surface area (Å²) in [5.74, 6) is -0.376. The second kappa shape index (κ2) is 5.15. The predicted octanol–water partition coefficient (Wildman–Crippen LogP) is 0.710. The molecule has 0 aliphatic carbocycles. The first-order chi connectivity index (χ1) is 4.31. The van der Waals surface area contributed by atoms with Crippen LogP contribution >= 0.6 is 0 Å². The maximum absolute atomic E-state index is 10.4. The fourth-order valence-corrected chi connectivity index (χ4v) is 0.314. The van der Waals surface area contributed by atoms with E-state index in [2.05, 4.69) is 9.47 Å². The summed E-state index contributed by atoms with van der Waals surface area (Å²) in [5.41, 5.74) is 0. The van der Waals surface area contributed by atoms with Crippen molar-refractivity contribution in [1.82, 2.24) is 0 Å². The molecule has 3 nitrogen and oxygen atoms in total. The lowest BCUT2D eigenvalue weighted by Gasteiger charge is -1.92. The minimum Gasteiger partial charge on any atom is -0.504 e. The van der Waals surface area contributed by atoms with Crippen LogP contribution in [0.5, 0.6) is 0 Å². The standard InChI is InChI=1S/C6H10O3/c1-3-9-6(7)4-5-8-2/h4-5H,3H2,1-2H3. The molecule has 0 aliphatic rings. The van der Waals surface area contributed by atoms with Crippen molar-refractivity contribution in [1.29, 1.82) is 0 Å². The Kier molecular flexibility index (Phi) is 4.59. The number of esters is 1. The van der Waals surface area contributed by atoms with Gasteiger partial charge in [-0.2, -0.15) is 0 Å². The van der Waals surface area contributed by atoms with Crippen LogP contribution < -0.4 is 0 Å². The smallest absolute Gasteiger partial charge is 0.333 e. The van der Waals surface area contributed by atoms with Gasteiger partial charge in [0.2, 0.25) is 0 Å². The lowest BCUT2D eigenvalue weighted by atomic mass is 10.6. The van der Waals surface area contributed by atoms with Crippen LogP contribution in [0, 0.1) is 0 Å². The molecule has 0 saturated heterocycles. The average Bonchev–Trinajstić information content (AvgIpc) is 1.85. The molecule has 0 amide bonds. The fourth-order valence-electron chi connectivity index (χ4n) is 0.314. The third-order valence-electron chi connectivity index (χ3n) is 0.627. The van der Waals surface area contributed by atoms with Crippen LogP contribution in [-0.4, -0.2) is 19.7 Å². The Labute approximate surface area is 54.3 Å². The molecule has 0 aromatic heterocycles. The Morgan fingerprint density at radius 2 is 2.33 bits per heavy atom. The van der Waals surface area contributed by atoms with E-state index in [9.17, 15) is 4.79 Å². The second-order valence-electron chi connectivity index (χ2n) is 1.29. The topological polar surface area (TPSA) is 35.5 Å². The molecule has 0 spiro atoms. The summed E-state index contributed by atoms with van der Waals surface area (Å²) in [6, 6.07) is 0. The Bertz CT molecular complexity index is 107. The normalized spacial score (nSPS) is 9.56. The third-order valence-corrected chi connectivity index (χ3v) is 0.627. The molecule has 0 N–H and O–H groups in total. The van der Waals surface area contributed by atoms with Gasteiger partial charge in [0.05, 0.1) is 26.1 Å². The van der Waals surface area contributed by atoms with E-state index >= 15 is 0 Å². The molecule has 0 radical (unpaired) electrons. The highest BCUT2D eigenvalue weighted by molar-refractivity contribution is 5.81. The molecule has 0 rings (SSSR count). The summed E-state index contributed by atoms with van der Waals surface area (Å²) < 4.78 is 9.02. The van der Waals surface area contributed by atoms with Crippen molar-refractivity contribution in [3.63, 3.8) is 0 Å². The Balaban J connectivity index is 3.37. The van der Waals surface area contributed by atoms with Gasteiger partial charge in [0, 0.05) is 0 Å². The maximum Gasteiger partial charge on any atom is 0.333 e. The van der Waals surface area contributed by atoms with Crippen LogP contribution in [0.3, 0.4) is 0 Å². The molecule has 52 valence electrons. The van der Waals surface area contributed by atoms with Crippen molar-refractivity contribution >= 4 is 5.97 Å². The molecule has 0 unspecified atom stereocenters. The van der Waals surface area contributed by atoms with E-state index in [0.29, 0.717) is 6.61 Å². The Hall–Kier alpha value is -0.990. The Morgan fingerprint density at radius 1 is 1.67 bits per heavy atom. The monoisotopic (exact) mass is 130 g/mol. The molecule has 0 bridgehead atoms. The largest absolute Gasteiger partial charge is 0.504 e. The van der Waals surface area contributed by atoms with Gasteiger partial charge in [0.15, 0.2) is 0 Å². The van der Waals surface area contributed by atoms with Gasteiger partial charge in [0.25, 0.3) is 0 Å². The van der Waals surface area contributed by atoms with Crippen LogP contribution in [0.15, 0.2) is 12.3 Å². The van der Waals surface area contributed by atoms with Gasteiger partial charge in [-0.15, -0.1) is 0 Å². The first-order valence-corrected chi connectivity index (χ1v) is 2.67. The third kappa shape index (κ3) is 4.87. The molecule has 0 atom stereocenters. The number of ether oxygens (including phenoxy) is 2. The van der Waals surface area contributed by atoms with Crippen LogP contribution in [0.2, 0.25) is 0 Å². The molecular weight excluding hydrogens is 120 g/mol. The summed E-state index contributed by atoms with van der Waals surface area (Å²) in [7, 11) is 1.47. The highest BCUT2D eigenvalue weighted by atomic mass is 16.5. The molecule has 0 saturated carbocycles. The molecule has 0 aromatic rings. The lowest BCUT2D eigenvalue weighted by molar-refractivity contribution is -0.137. The quantitative estimate of drug-likeness (QED) is 0.320. The van der Waals surface area contributed by atoms with Gasteiger partial charge < -0.3 is 9.47 Å². The molecule has 0 heterocycles. The van der Waals surface area contributed by atoms with Gasteiger partial charge in [-0.1, -0.05) is 0 Å². The highest BCUT2D eigenvalue weighted by Gasteiger charge is 1.90. The van der Waals surface area contributed by atoms with E-state index in [4.69, 9.17) is 0 Å². The first-order valence-electron chi connectivity index (χ1n) is 2.67. The van der Waals surface area contributed by atoms with Crippen LogP contribution in [0.1, 0.15) is 6.92 Å². The summed E-state index contributed by atoms with van der Waals surface area (Å²) in [6.07, 6.45) is 2.50. The van der Waals surface area contributed by atoms with Gasteiger partial charge in [-0.25, -0.2) is 4.79 Å². The fraction of sp³-hybridized carbons (Fsp3) is 0.500. The molecule has 0 fully saturated rings. The van der Waals surface area contributed by atoms with Crippen molar-refractivity contribution in [2.45, 2.75) is 6.92 Å². The molecule has 0 aliphatic heterocycles. The summed E-state index contributed by atoms with van der Waals surface area (Å²) >= 11 is 0. The molecular formula is C6H10O3. The van der Waals surface area contributed by atoms with Crippen molar-refractivity contribution in [3.8, 4) is 0 Å². The van der Waals surface area contributed by atoms with Crippen molar-refractivity contribution in [2.75, 3.05) is 13.7 Å². The van der Waals surface area contributed by atoms with E-state index in [1.807, 2.05) is 0 Å². The van der Waals surface area contributed by atoms with Gasteiger partial charge in [0.1, 0.15) is 0 Å². The van der Waals surface area contributed by atoms with E-state index in [0.717, 1.165) is 0 Å². The zero-order valence-electron chi connectivity index (χ0n) is 5.59. The van der Waals surface area contributed by atoms with Gasteiger partial charge >= 0.3 is 5.97 Å². The lowest BCUT2D eigenvalue weighted by Crippen LogP contribution is -1.98. The van der Waals surface area contributed by atoms with Gasteiger partial charge in [-0.05, 0) is 6.92 Å². The van der Waals surface area contributed by atoms with E-state index < -0.39 is 0 Å². The van der Waals surface area contributed by atoms with Crippen molar-refractivity contribution < 1.29 is 14.3 Å². The highest BCUT2D eigenvalue weighted by Crippen LogP contribution is 1.79. The summed E-state index contributed by atoms with van der Waals surface area (Å²) in [5, 5.41) is 0. The number of hydrogen-bond donors (Lipinski definition) is 0. The zero-order valence-corrected chi connectivity index (χ0v) is 5.59. The molecule has 3 heteroatoms. The number of methoxy groups -OCH3 is 1. The average molecular weight is 130 g/mol. The Morgan fingerprint density at radius 3 is 2.78 bits per heavy atom. The van der Waals surface area contributed by atoms with E-state index in [1.165, 1.54) is 19.4 Å².